The first-order valence-corrected chi connectivity index (χ1v) is 7.88. The van der Waals surface area contributed by atoms with E-state index in [1.54, 1.807) is 32.2 Å². The first kappa shape index (κ1) is 16.9. The van der Waals surface area contributed by atoms with Crippen molar-refractivity contribution in [3.8, 4) is 0 Å². The van der Waals surface area contributed by atoms with Gasteiger partial charge in [-0.05, 0) is 36.8 Å². The molecule has 25 heavy (non-hydrogen) atoms. The van der Waals surface area contributed by atoms with Crippen LogP contribution in [0.5, 0.6) is 0 Å². The minimum absolute atomic E-state index is 0.00884. The van der Waals surface area contributed by atoms with E-state index >= 15 is 0 Å². The molecule has 0 saturated carbocycles. The number of hydrogen-bond acceptors (Lipinski definition) is 3. The molecule has 2 amide bonds. The third-order valence-electron chi connectivity index (χ3n) is 4.41. The van der Waals surface area contributed by atoms with E-state index in [1.807, 2.05) is 0 Å². The number of benzene rings is 1. The summed E-state index contributed by atoms with van der Waals surface area (Å²) in [4.78, 5) is 40.6. The molecule has 0 radical (unpaired) electrons. The van der Waals surface area contributed by atoms with E-state index in [0.29, 0.717) is 5.69 Å². The van der Waals surface area contributed by atoms with E-state index in [-0.39, 0.29) is 23.7 Å². The minimum atomic E-state index is -0.540. The monoisotopic (exact) mass is 343 g/mol. The van der Waals surface area contributed by atoms with E-state index in [9.17, 15) is 18.8 Å². The third-order valence-corrected chi connectivity index (χ3v) is 4.41. The molecule has 1 aliphatic rings. The molecule has 1 aromatic heterocycles. The summed E-state index contributed by atoms with van der Waals surface area (Å²) in [7, 11) is 1.64. The number of hydrogen-bond donors (Lipinski definition) is 2. The number of aromatic amines is 1. The highest BCUT2D eigenvalue weighted by atomic mass is 19.1. The van der Waals surface area contributed by atoms with Crippen LogP contribution in [0.25, 0.3) is 0 Å². The number of nitrogens with one attached hydrogen (secondary N) is 2. The van der Waals surface area contributed by atoms with Crippen LogP contribution in [0.2, 0.25) is 0 Å². The molecule has 6 nitrogen and oxygen atoms in total. The fourth-order valence-electron chi connectivity index (χ4n) is 3.11. The summed E-state index contributed by atoms with van der Waals surface area (Å²) in [6, 6.07) is 7.99. The van der Waals surface area contributed by atoms with Crippen LogP contribution in [0.4, 0.5) is 4.39 Å². The lowest BCUT2D eigenvalue weighted by molar-refractivity contribution is -0.127. The molecule has 2 N–H and O–H groups in total. The fraction of sp³-hybridized carbons (Fsp3) is 0.278. The Morgan fingerprint density at radius 3 is 2.52 bits per heavy atom. The van der Waals surface area contributed by atoms with Crippen molar-refractivity contribution in [3.05, 3.63) is 69.4 Å². The van der Waals surface area contributed by atoms with Gasteiger partial charge < -0.3 is 15.2 Å². The summed E-state index contributed by atoms with van der Waals surface area (Å²) in [6.45, 7) is 1.72. The average Bonchev–Trinajstić information content (AvgIpc) is 2.82. The number of rotatable bonds is 3. The molecule has 0 spiro atoms. The normalized spacial score (nSPS) is 20.0. The Balaban J connectivity index is 1.86. The van der Waals surface area contributed by atoms with Gasteiger partial charge in [0.1, 0.15) is 11.4 Å². The highest BCUT2D eigenvalue weighted by molar-refractivity contribution is 5.94. The van der Waals surface area contributed by atoms with Crippen LogP contribution in [0, 0.1) is 12.7 Å². The van der Waals surface area contributed by atoms with Gasteiger partial charge in [-0.1, -0.05) is 12.1 Å². The number of carbonyl (C=O) groups excluding carboxylic acids is 2. The zero-order chi connectivity index (χ0) is 18.1. The second-order valence-electron chi connectivity index (χ2n) is 6.17. The van der Waals surface area contributed by atoms with Crippen LogP contribution < -0.4 is 10.9 Å². The maximum absolute atomic E-state index is 13.2. The van der Waals surface area contributed by atoms with E-state index in [1.165, 1.54) is 23.1 Å². The van der Waals surface area contributed by atoms with Gasteiger partial charge in [-0.25, -0.2) is 4.39 Å². The van der Waals surface area contributed by atoms with E-state index < -0.39 is 23.6 Å². The Morgan fingerprint density at radius 1 is 1.20 bits per heavy atom. The molecule has 1 fully saturated rings. The summed E-state index contributed by atoms with van der Waals surface area (Å²) in [6.07, 6.45) is 0.119. The van der Waals surface area contributed by atoms with Crippen molar-refractivity contribution in [1.82, 2.24) is 15.2 Å². The van der Waals surface area contributed by atoms with Crippen molar-refractivity contribution in [3.63, 3.8) is 0 Å². The molecule has 3 rings (SSSR count). The molecule has 2 heterocycles. The lowest BCUT2D eigenvalue weighted by Gasteiger charge is -2.26. The van der Waals surface area contributed by atoms with Crippen molar-refractivity contribution >= 4 is 11.8 Å². The number of pyridine rings is 1. The fourth-order valence-corrected chi connectivity index (χ4v) is 3.11. The second kappa shape index (κ2) is 6.51. The summed E-state index contributed by atoms with van der Waals surface area (Å²) in [5, 5.41) is 2.76. The first-order chi connectivity index (χ1) is 11.9. The number of likely N-dealkylation sites (N-methyl/N-ethyl adjacent to an activating group) is 1. The number of likely N-dealkylation sites (tertiary alicyclic amines) is 1. The Morgan fingerprint density at radius 2 is 1.88 bits per heavy atom. The molecule has 0 bridgehead atoms. The quantitative estimate of drug-likeness (QED) is 0.887. The number of aryl methyl sites for hydroxylation is 1. The largest absolute Gasteiger partial charge is 0.346 e. The molecule has 7 heteroatoms. The molecule has 1 aromatic carbocycles. The smallest absolute Gasteiger partial charge is 0.260 e. The Kier molecular flexibility index (Phi) is 4.39. The highest BCUT2D eigenvalue weighted by Crippen LogP contribution is 2.32. The number of nitrogens with zero attached hydrogens (tertiary/aromatic N) is 1. The van der Waals surface area contributed by atoms with Crippen molar-refractivity contribution < 1.29 is 14.0 Å². The molecular weight excluding hydrogens is 325 g/mol. The maximum atomic E-state index is 13.2. The first-order valence-electron chi connectivity index (χ1n) is 7.88. The molecule has 2 unspecified atom stereocenters. The Hall–Kier alpha value is -2.96. The van der Waals surface area contributed by atoms with Gasteiger partial charge in [-0.2, -0.15) is 0 Å². The summed E-state index contributed by atoms with van der Waals surface area (Å²) >= 11 is 0. The zero-order valence-electron chi connectivity index (χ0n) is 13.9. The van der Waals surface area contributed by atoms with E-state index in [2.05, 4.69) is 10.3 Å². The van der Waals surface area contributed by atoms with Gasteiger partial charge in [0.2, 0.25) is 5.91 Å². The molecular formula is C18H18FN3O3. The van der Waals surface area contributed by atoms with Crippen LogP contribution in [-0.2, 0) is 4.79 Å². The topological polar surface area (TPSA) is 82.3 Å². The SMILES string of the molecule is Cc1ccc(C(=O)NC2CC(=O)N(C)C2c2ccc(F)cc2)c(=O)[nH]1. The molecule has 2 aromatic rings. The van der Waals surface area contributed by atoms with E-state index in [0.717, 1.165) is 5.56 Å². The van der Waals surface area contributed by atoms with E-state index in [4.69, 9.17) is 0 Å². The predicted octanol–water partition coefficient (Wildman–Crippen LogP) is 1.52. The van der Waals surface area contributed by atoms with Crippen molar-refractivity contribution in [2.45, 2.75) is 25.4 Å². The molecule has 1 saturated heterocycles. The lowest BCUT2D eigenvalue weighted by Crippen LogP contribution is -2.40. The number of halogens is 1. The average molecular weight is 343 g/mol. The molecule has 2 atom stereocenters. The standard InChI is InChI=1S/C18H18FN3O3/c1-10-3-8-13(17(24)20-10)18(25)21-14-9-15(23)22(2)16(14)11-4-6-12(19)7-5-11/h3-8,14,16H,9H2,1-2H3,(H,20,24)(H,21,25). The molecule has 0 aliphatic carbocycles. The number of carbonyl (C=O) groups is 2. The van der Waals surface area contributed by atoms with Crippen molar-refractivity contribution in [1.29, 1.82) is 0 Å². The van der Waals surface area contributed by atoms with Crippen LogP contribution in [-0.4, -0.2) is 34.8 Å². The van der Waals surface area contributed by atoms with Gasteiger partial charge in [0.25, 0.3) is 11.5 Å². The Bertz CT molecular complexity index is 876. The molecule has 1 aliphatic heterocycles. The van der Waals surface area contributed by atoms with Crippen LogP contribution in [0.1, 0.15) is 34.1 Å². The predicted molar refractivity (Wildman–Crippen MR) is 89.6 cm³/mol. The summed E-state index contributed by atoms with van der Waals surface area (Å²) in [5.74, 6) is -1.04. The van der Waals surface area contributed by atoms with Gasteiger partial charge >= 0.3 is 0 Å². The third kappa shape index (κ3) is 3.31. The maximum Gasteiger partial charge on any atom is 0.260 e. The van der Waals surface area contributed by atoms with Gasteiger partial charge in [-0.3, -0.25) is 14.4 Å². The van der Waals surface area contributed by atoms with Crippen molar-refractivity contribution in [2.75, 3.05) is 7.05 Å². The lowest BCUT2D eigenvalue weighted by atomic mass is 9.99. The van der Waals surface area contributed by atoms with Gasteiger partial charge in [0.15, 0.2) is 0 Å². The summed E-state index contributed by atoms with van der Waals surface area (Å²) < 4.78 is 13.2. The Labute approximate surface area is 143 Å². The number of H-pyrrole nitrogens is 1. The van der Waals surface area contributed by atoms with Crippen LogP contribution in [0.3, 0.4) is 0 Å². The van der Waals surface area contributed by atoms with Crippen LogP contribution in [0.15, 0.2) is 41.2 Å². The van der Waals surface area contributed by atoms with Gasteiger partial charge in [-0.15, -0.1) is 0 Å². The highest BCUT2D eigenvalue weighted by Gasteiger charge is 2.39. The zero-order valence-corrected chi connectivity index (χ0v) is 13.9. The number of aromatic nitrogens is 1. The second-order valence-corrected chi connectivity index (χ2v) is 6.17. The van der Waals surface area contributed by atoms with Gasteiger partial charge in [0, 0.05) is 19.2 Å². The summed E-state index contributed by atoms with van der Waals surface area (Å²) in [5.41, 5.74) is 0.887. The minimum Gasteiger partial charge on any atom is -0.346 e. The van der Waals surface area contributed by atoms with Gasteiger partial charge in [0.05, 0.1) is 12.1 Å². The number of amides is 2. The van der Waals surface area contributed by atoms with Crippen LogP contribution >= 0.6 is 0 Å². The molecule has 130 valence electrons. The van der Waals surface area contributed by atoms with Crippen molar-refractivity contribution in [2.24, 2.45) is 0 Å².